The average molecular weight is 626 g/mol. The van der Waals surface area contributed by atoms with Gasteiger partial charge in [-0.1, -0.05) is 121 Å². The van der Waals surface area contributed by atoms with Gasteiger partial charge < -0.3 is 4.42 Å². The molecule has 9 aromatic rings. The van der Waals surface area contributed by atoms with Crippen LogP contribution < -0.4 is 0 Å². The molecular weight excluding hydrogens is 599 g/mol. The number of rotatable bonds is 5. The maximum absolute atomic E-state index is 9.66. The van der Waals surface area contributed by atoms with Gasteiger partial charge in [-0.15, -0.1) is 0 Å². The maximum atomic E-state index is 9.66. The minimum atomic E-state index is 0.582. The summed E-state index contributed by atoms with van der Waals surface area (Å²) in [6.45, 7) is 0. The number of nitriles is 1. The van der Waals surface area contributed by atoms with Crippen LogP contribution in [-0.2, 0) is 0 Å². The fourth-order valence-electron chi connectivity index (χ4n) is 6.75. The normalized spacial score (nSPS) is 11.2. The van der Waals surface area contributed by atoms with Crippen molar-refractivity contribution in [3.8, 4) is 62.2 Å². The molecule has 0 aliphatic rings. The van der Waals surface area contributed by atoms with E-state index in [1.54, 1.807) is 0 Å². The van der Waals surface area contributed by atoms with E-state index >= 15 is 0 Å². The topological polar surface area (TPSA) is 62.7 Å². The van der Waals surface area contributed by atoms with E-state index in [0.717, 1.165) is 72.3 Å². The lowest BCUT2D eigenvalue weighted by molar-refractivity contribution is 0.670. The standard InChI is InChI=1S/C45H27N3O/c46-28-29-11-8-16-32(23-29)41-27-42(48-45(47-41)31-13-2-1-3-14-31)35-25-33(37-19-9-15-30-12-4-5-17-36(30)37)24-34(26-35)38-20-10-21-40-39-18-6-7-22-43(39)49-44(38)40/h1-27H. The van der Waals surface area contributed by atoms with E-state index < -0.39 is 0 Å². The molecule has 9 rings (SSSR count). The van der Waals surface area contributed by atoms with Crippen molar-refractivity contribution in [2.24, 2.45) is 0 Å². The molecule has 0 N–H and O–H groups in total. The Morgan fingerprint density at radius 2 is 1.06 bits per heavy atom. The molecule has 0 saturated heterocycles. The quantitative estimate of drug-likeness (QED) is 0.191. The highest BCUT2D eigenvalue weighted by molar-refractivity contribution is 6.10. The van der Waals surface area contributed by atoms with Gasteiger partial charge in [-0.2, -0.15) is 5.26 Å². The maximum Gasteiger partial charge on any atom is 0.160 e. The van der Waals surface area contributed by atoms with Crippen molar-refractivity contribution in [2.75, 3.05) is 0 Å². The molecule has 0 saturated carbocycles. The van der Waals surface area contributed by atoms with Gasteiger partial charge >= 0.3 is 0 Å². The molecule has 0 radical (unpaired) electrons. The van der Waals surface area contributed by atoms with Gasteiger partial charge in [0.15, 0.2) is 5.82 Å². The van der Waals surface area contributed by atoms with Gasteiger partial charge in [-0.3, -0.25) is 0 Å². The molecule has 0 fully saturated rings. The zero-order chi connectivity index (χ0) is 32.7. The summed E-state index contributed by atoms with van der Waals surface area (Å²) in [5.41, 5.74) is 10.8. The highest BCUT2D eigenvalue weighted by Gasteiger charge is 2.17. The van der Waals surface area contributed by atoms with Crippen LogP contribution >= 0.6 is 0 Å². The number of furan rings is 1. The van der Waals surface area contributed by atoms with Gasteiger partial charge in [0, 0.05) is 33.0 Å². The highest BCUT2D eigenvalue weighted by atomic mass is 16.3. The lowest BCUT2D eigenvalue weighted by Gasteiger charge is -2.14. The van der Waals surface area contributed by atoms with Crippen LogP contribution in [0, 0.1) is 11.3 Å². The molecule has 0 aliphatic heterocycles. The molecule has 49 heavy (non-hydrogen) atoms. The van der Waals surface area contributed by atoms with Crippen molar-refractivity contribution >= 4 is 32.7 Å². The fourth-order valence-corrected chi connectivity index (χ4v) is 6.75. The molecule has 0 amide bonds. The van der Waals surface area contributed by atoms with Crippen molar-refractivity contribution < 1.29 is 4.42 Å². The van der Waals surface area contributed by atoms with E-state index in [-0.39, 0.29) is 0 Å². The molecule has 7 aromatic carbocycles. The van der Waals surface area contributed by atoms with Gasteiger partial charge in [0.05, 0.1) is 23.0 Å². The molecule has 0 bridgehead atoms. The van der Waals surface area contributed by atoms with Crippen LogP contribution in [0.15, 0.2) is 168 Å². The predicted molar refractivity (Wildman–Crippen MR) is 199 cm³/mol. The first kappa shape index (κ1) is 28.4. The fraction of sp³-hybridized carbons (Fsp3) is 0. The first-order valence-electron chi connectivity index (χ1n) is 16.2. The Balaban J connectivity index is 1.33. The van der Waals surface area contributed by atoms with Crippen LogP contribution in [0.2, 0.25) is 0 Å². The Kier molecular flexibility index (Phi) is 6.81. The zero-order valence-electron chi connectivity index (χ0n) is 26.3. The number of hydrogen-bond donors (Lipinski definition) is 0. The Labute approximate surface area is 283 Å². The third-order valence-corrected chi connectivity index (χ3v) is 9.09. The van der Waals surface area contributed by atoms with Gasteiger partial charge in [0.25, 0.3) is 0 Å². The molecule has 2 aromatic heterocycles. The highest BCUT2D eigenvalue weighted by Crippen LogP contribution is 2.40. The SMILES string of the molecule is N#Cc1cccc(-c2cc(-c3cc(-c4cccc5ccccc45)cc(-c4cccc5c4oc4ccccc45)c3)nc(-c3ccccc3)n2)c1. The van der Waals surface area contributed by atoms with Crippen molar-refractivity contribution in [3.05, 3.63) is 169 Å². The van der Waals surface area contributed by atoms with Crippen LogP contribution in [0.5, 0.6) is 0 Å². The second-order valence-electron chi connectivity index (χ2n) is 12.1. The molecule has 0 spiro atoms. The summed E-state index contributed by atoms with van der Waals surface area (Å²) in [6.07, 6.45) is 0. The van der Waals surface area contributed by atoms with Crippen molar-refractivity contribution in [3.63, 3.8) is 0 Å². The summed E-state index contributed by atoms with van der Waals surface area (Å²) in [7, 11) is 0. The molecule has 4 nitrogen and oxygen atoms in total. The lowest BCUT2D eigenvalue weighted by atomic mass is 9.91. The number of benzene rings is 7. The zero-order valence-corrected chi connectivity index (χ0v) is 26.3. The average Bonchev–Trinajstić information content (AvgIpc) is 3.57. The summed E-state index contributed by atoms with van der Waals surface area (Å²) in [4.78, 5) is 10.2. The molecule has 228 valence electrons. The monoisotopic (exact) mass is 625 g/mol. The van der Waals surface area contributed by atoms with Crippen LogP contribution in [0.3, 0.4) is 0 Å². The summed E-state index contributed by atoms with van der Waals surface area (Å²) in [6, 6.07) is 58.0. The first-order valence-corrected chi connectivity index (χ1v) is 16.2. The summed E-state index contributed by atoms with van der Waals surface area (Å²) in [5.74, 6) is 0.618. The third-order valence-electron chi connectivity index (χ3n) is 9.09. The van der Waals surface area contributed by atoms with E-state index in [1.165, 1.54) is 10.8 Å². The number of para-hydroxylation sites is 2. The van der Waals surface area contributed by atoms with E-state index in [1.807, 2.05) is 78.9 Å². The molecule has 4 heteroatoms. The lowest BCUT2D eigenvalue weighted by Crippen LogP contribution is -1.97. The summed E-state index contributed by atoms with van der Waals surface area (Å²) >= 11 is 0. The van der Waals surface area contributed by atoms with Crippen LogP contribution in [-0.4, -0.2) is 9.97 Å². The molecule has 0 aliphatic carbocycles. The number of nitrogens with zero attached hydrogens (tertiary/aromatic N) is 3. The number of aromatic nitrogens is 2. The predicted octanol–water partition coefficient (Wildman–Crippen LogP) is 11.7. The van der Waals surface area contributed by atoms with Crippen LogP contribution in [0.1, 0.15) is 5.56 Å². The van der Waals surface area contributed by atoms with Crippen molar-refractivity contribution in [1.82, 2.24) is 9.97 Å². The van der Waals surface area contributed by atoms with E-state index in [9.17, 15) is 5.26 Å². The second kappa shape index (κ2) is 11.8. The van der Waals surface area contributed by atoms with Gasteiger partial charge in [-0.05, 0) is 69.9 Å². The number of fused-ring (bicyclic) bond motifs is 4. The van der Waals surface area contributed by atoms with Gasteiger partial charge in [-0.25, -0.2) is 9.97 Å². The Bertz CT molecular complexity index is 2730. The van der Waals surface area contributed by atoms with Crippen LogP contribution in [0.4, 0.5) is 0 Å². The minimum absolute atomic E-state index is 0.582. The minimum Gasteiger partial charge on any atom is -0.455 e. The third kappa shape index (κ3) is 5.11. The summed E-state index contributed by atoms with van der Waals surface area (Å²) in [5, 5.41) is 14.2. The molecule has 0 unspecified atom stereocenters. The largest absolute Gasteiger partial charge is 0.455 e. The summed E-state index contributed by atoms with van der Waals surface area (Å²) < 4.78 is 6.52. The Morgan fingerprint density at radius 1 is 0.449 bits per heavy atom. The van der Waals surface area contributed by atoms with E-state index in [0.29, 0.717) is 11.4 Å². The Morgan fingerprint density at radius 3 is 1.92 bits per heavy atom. The van der Waals surface area contributed by atoms with Crippen LogP contribution in [0.25, 0.3) is 88.9 Å². The van der Waals surface area contributed by atoms with E-state index in [4.69, 9.17) is 14.4 Å². The molecule has 2 heterocycles. The van der Waals surface area contributed by atoms with Crippen molar-refractivity contribution in [2.45, 2.75) is 0 Å². The number of hydrogen-bond acceptors (Lipinski definition) is 4. The first-order chi connectivity index (χ1) is 24.2. The van der Waals surface area contributed by atoms with Crippen molar-refractivity contribution in [1.29, 1.82) is 5.26 Å². The smallest absolute Gasteiger partial charge is 0.160 e. The molecular formula is C45H27N3O. The Hall–Kier alpha value is -6.83. The van der Waals surface area contributed by atoms with Gasteiger partial charge in [0.1, 0.15) is 11.2 Å². The van der Waals surface area contributed by atoms with E-state index in [2.05, 4.69) is 91.0 Å². The second-order valence-corrected chi connectivity index (χ2v) is 12.1. The van der Waals surface area contributed by atoms with Gasteiger partial charge in [0.2, 0.25) is 0 Å². The molecule has 0 atom stereocenters.